The van der Waals surface area contributed by atoms with Gasteiger partial charge in [0.25, 0.3) is 0 Å². The molecular formula is C18H32O9. The van der Waals surface area contributed by atoms with E-state index in [1.807, 2.05) is 0 Å². The van der Waals surface area contributed by atoms with E-state index >= 15 is 0 Å². The smallest absolute Gasteiger partial charge is 0.163 e. The Hall–Kier alpha value is -0.620. The second kappa shape index (κ2) is 14.4. The molecule has 2 aliphatic heterocycles. The highest BCUT2D eigenvalue weighted by Crippen LogP contribution is 2.37. The van der Waals surface area contributed by atoms with Gasteiger partial charge in [0.2, 0.25) is 0 Å². The molecule has 158 valence electrons. The number of rotatable bonds is 18. The molecule has 2 heterocycles. The van der Waals surface area contributed by atoms with Crippen LogP contribution < -0.4 is 0 Å². The van der Waals surface area contributed by atoms with E-state index in [-0.39, 0.29) is 37.8 Å². The van der Waals surface area contributed by atoms with E-state index in [0.29, 0.717) is 59.5 Å². The molecule has 0 spiro atoms. The largest absolute Gasteiger partial charge is 0.394 e. The first-order valence-electron chi connectivity index (χ1n) is 9.45. The molecule has 1 saturated heterocycles. The van der Waals surface area contributed by atoms with Crippen LogP contribution in [0, 0.1) is 5.92 Å². The quantitative estimate of drug-likeness (QED) is 0.185. The molecule has 2 aliphatic rings. The van der Waals surface area contributed by atoms with Crippen molar-refractivity contribution >= 4 is 0 Å². The first-order chi connectivity index (χ1) is 13.3. The lowest BCUT2D eigenvalue weighted by molar-refractivity contribution is -0.190. The highest BCUT2D eigenvalue weighted by Gasteiger charge is 2.42. The van der Waals surface area contributed by atoms with Crippen LogP contribution in [0.4, 0.5) is 0 Å². The van der Waals surface area contributed by atoms with E-state index in [2.05, 4.69) is 12.2 Å². The normalized spacial score (nSPS) is 24.7. The minimum absolute atomic E-state index is 0.0143. The lowest BCUT2D eigenvalue weighted by Crippen LogP contribution is -2.34. The van der Waals surface area contributed by atoms with Crippen molar-refractivity contribution in [1.82, 2.24) is 0 Å². The summed E-state index contributed by atoms with van der Waals surface area (Å²) in [4.78, 5) is 0. The molecule has 27 heavy (non-hydrogen) atoms. The highest BCUT2D eigenvalue weighted by molar-refractivity contribution is 5.11. The molecule has 4 atom stereocenters. The standard InChI is InChI=1S/C18H32O9/c19-3-4-21-5-6-22-9-11-25-18(16-13-15-1-2-17(16)27-15)26-12-10-23-7-8-24-14-20/h1-2,15-20H,3-14H2. The van der Waals surface area contributed by atoms with Crippen LogP contribution in [0.15, 0.2) is 12.2 Å². The Morgan fingerprint density at radius 2 is 1.37 bits per heavy atom. The molecule has 9 nitrogen and oxygen atoms in total. The van der Waals surface area contributed by atoms with Crippen LogP contribution in [0.2, 0.25) is 0 Å². The molecule has 4 unspecified atom stereocenters. The van der Waals surface area contributed by atoms with Crippen molar-refractivity contribution in [3.05, 3.63) is 12.2 Å². The van der Waals surface area contributed by atoms with Crippen LogP contribution in [-0.4, -0.2) is 102 Å². The van der Waals surface area contributed by atoms with Crippen LogP contribution in [0.5, 0.6) is 0 Å². The van der Waals surface area contributed by atoms with E-state index in [4.69, 9.17) is 43.4 Å². The SMILES string of the molecule is OCCOCCOCCOC(OCCOCCOCO)C1CC2C=CC1O2. The Morgan fingerprint density at radius 1 is 0.778 bits per heavy atom. The molecule has 0 saturated carbocycles. The van der Waals surface area contributed by atoms with Crippen molar-refractivity contribution in [1.29, 1.82) is 0 Å². The molecule has 0 aromatic rings. The maximum atomic E-state index is 8.62. The van der Waals surface area contributed by atoms with Crippen LogP contribution in [0.25, 0.3) is 0 Å². The molecule has 0 aromatic carbocycles. The molecule has 0 radical (unpaired) electrons. The Labute approximate surface area is 160 Å². The van der Waals surface area contributed by atoms with Crippen molar-refractivity contribution in [2.75, 3.05) is 72.9 Å². The molecule has 2 bridgehead atoms. The lowest BCUT2D eigenvalue weighted by atomic mass is 9.94. The van der Waals surface area contributed by atoms with Crippen molar-refractivity contribution < 1.29 is 43.4 Å². The third-order valence-electron chi connectivity index (χ3n) is 4.21. The number of aliphatic hydroxyl groups is 2. The lowest BCUT2D eigenvalue weighted by Gasteiger charge is -2.27. The van der Waals surface area contributed by atoms with E-state index < -0.39 is 0 Å². The Morgan fingerprint density at radius 3 is 1.89 bits per heavy atom. The fraction of sp³-hybridized carbons (Fsp3) is 0.889. The summed E-state index contributed by atoms with van der Waals surface area (Å²) in [6.45, 7) is 3.36. The number of aliphatic hydroxyl groups excluding tert-OH is 2. The fourth-order valence-electron chi connectivity index (χ4n) is 2.98. The van der Waals surface area contributed by atoms with Gasteiger partial charge < -0.3 is 43.4 Å². The van der Waals surface area contributed by atoms with Crippen molar-refractivity contribution in [2.24, 2.45) is 5.92 Å². The maximum Gasteiger partial charge on any atom is 0.163 e. The zero-order valence-corrected chi connectivity index (χ0v) is 15.7. The molecule has 0 aromatic heterocycles. The monoisotopic (exact) mass is 392 g/mol. The summed E-state index contributed by atoms with van der Waals surface area (Å²) in [5, 5.41) is 17.1. The molecular weight excluding hydrogens is 360 g/mol. The van der Waals surface area contributed by atoms with Gasteiger partial charge >= 0.3 is 0 Å². The van der Waals surface area contributed by atoms with Crippen LogP contribution >= 0.6 is 0 Å². The fourth-order valence-corrected chi connectivity index (χ4v) is 2.98. The molecule has 2 rings (SSSR count). The number of hydrogen-bond donors (Lipinski definition) is 2. The van der Waals surface area contributed by atoms with Gasteiger partial charge in [0.1, 0.15) is 6.79 Å². The minimum atomic E-state index is -0.378. The second-order valence-corrected chi connectivity index (χ2v) is 6.13. The number of hydrogen-bond acceptors (Lipinski definition) is 9. The van der Waals surface area contributed by atoms with E-state index in [1.54, 1.807) is 0 Å². The predicted molar refractivity (Wildman–Crippen MR) is 94.2 cm³/mol. The van der Waals surface area contributed by atoms with Crippen LogP contribution in [0.1, 0.15) is 6.42 Å². The zero-order valence-electron chi connectivity index (χ0n) is 15.7. The third kappa shape index (κ3) is 8.95. The van der Waals surface area contributed by atoms with Gasteiger partial charge in [-0.15, -0.1) is 0 Å². The second-order valence-electron chi connectivity index (χ2n) is 6.13. The first-order valence-corrected chi connectivity index (χ1v) is 9.45. The summed E-state index contributed by atoms with van der Waals surface area (Å²) in [6, 6.07) is 0. The van der Waals surface area contributed by atoms with Gasteiger partial charge in [-0.2, -0.15) is 0 Å². The van der Waals surface area contributed by atoms with Gasteiger partial charge in [0.05, 0.1) is 78.3 Å². The maximum absolute atomic E-state index is 8.62. The number of ether oxygens (including phenoxy) is 7. The van der Waals surface area contributed by atoms with E-state index in [0.717, 1.165) is 6.42 Å². The molecule has 9 heteroatoms. The highest BCUT2D eigenvalue weighted by atomic mass is 16.7. The number of fused-ring (bicyclic) bond motifs is 2. The average Bonchev–Trinajstić information content (AvgIpc) is 3.31. The topological polar surface area (TPSA) is 105 Å². The van der Waals surface area contributed by atoms with Crippen LogP contribution in [-0.2, 0) is 33.2 Å². The summed E-state index contributed by atoms with van der Waals surface area (Å²) in [5.41, 5.74) is 0. The van der Waals surface area contributed by atoms with Gasteiger partial charge in [0, 0.05) is 5.92 Å². The van der Waals surface area contributed by atoms with Gasteiger partial charge in [-0.05, 0) is 6.42 Å². The van der Waals surface area contributed by atoms with Crippen molar-refractivity contribution in [3.63, 3.8) is 0 Å². The minimum Gasteiger partial charge on any atom is -0.394 e. The van der Waals surface area contributed by atoms with Crippen LogP contribution in [0.3, 0.4) is 0 Å². The summed E-state index contributed by atoms with van der Waals surface area (Å²) in [7, 11) is 0. The van der Waals surface area contributed by atoms with Gasteiger partial charge in [0.15, 0.2) is 6.29 Å². The molecule has 2 N–H and O–H groups in total. The zero-order chi connectivity index (χ0) is 19.2. The molecule has 1 fully saturated rings. The van der Waals surface area contributed by atoms with E-state index in [9.17, 15) is 0 Å². The van der Waals surface area contributed by atoms with E-state index in [1.165, 1.54) is 0 Å². The summed E-state index contributed by atoms with van der Waals surface area (Å²) >= 11 is 0. The van der Waals surface area contributed by atoms with Gasteiger partial charge in [-0.25, -0.2) is 0 Å². The Balaban J connectivity index is 1.59. The Bertz CT molecular complexity index is 393. The third-order valence-corrected chi connectivity index (χ3v) is 4.21. The van der Waals surface area contributed by atoms with Crippen molar-refractivity contribution in [3.8, 4) is 0 Å². The van der Waals surface area contributed by atoms with Crippen molar-refractivity contribution in [2.45, 2.75) is 24.9 Å². The first kappa shape index (κ1) is 22.7. The van der Waals surface area contributed by atoms with Gasteiger partial charge in [-0.1, -0.05) is 12.2 Å². The Kier molecular flexibility index (Phi) is 12.1. The average molecular weight is 392 g/mol. The summed E-state index contributed by atoms with van der Waals surface area (Å²) in [5.74, 6) is 0.158. The molecule has 0 amide bonds. The summed E-state index contributed by atoms with van der Waals surface area (Å²) in [6.07, 6.45) is 4.84. The van der Waals surface area contributed by atoms with Gasteiger partial charge in [-0.3, -0.25) is 0 Å². The molecule has 0 aliphatic carbocycles. The summed E-state index contributed by atoms with van der Waals surface area (Å²) < 4.78 is 38.3. The predicted octanol–water partition coefficient (Wildman–Crippen LogP) is -0.302.